The van der Waals surface area contributed by atoms with Crippen molar-refractivity contribution in [2.24, 2.45) is 14.1 Å². The first-order valence-corrected chi connectivity index (χ1v) is 7.90. The predicted molar refractivity (Wildman–Crippen MR) is 95.1 cm³/mol. The zero-order valence-electron chi connectivity index (χ0n) is 14.9. The van der Waals surface area contributed by atoms with Crippen molar-refractivity contribution in [2.45, 2.75) is 0 Å². The molecule has 12 heteroatoms. The number of aromatic nitrogens is 6. The number of esters is 1. The highest BCUT2D eigenvalue weighted by molar-refractivity contribution is 6.02. The van der Waals surface area contributed by atoms with Crippen LogP contribution in [0.1, 0.15) is 20.7 Å². The zero-order valence-corrected chi connectivity index (χ0v) is 14.9. The van der Waals surface area contributed by atoms with Crippen LogP contribution in [0.4, 0.5) is 5.82 Å². The molecule has 0 fully saturated rings. The lowest BCUT2D eigenvalue weighted by molar-refractivity contribution is 0.0474. The Morgan fingerprint density at radius 3 is 2.39 bits per heavy atom. The number of anilines is 1. The maximum Gasteiger partial charge on any atom is 0.338 e. The molecule has 0 saturated carbocycles. The van der Waals surface area contributed by atoms with Gasteiger partial charge in [0.2, 0.25) is 5.78 Å². The highest BCUT2D eigenvalue weighted by Gasteiger charge is 2.21. The second kappa shape index (κ2) is 7.26. The largest absolute Gasteiger partial charge is 0.454 e. The molecule has 0 atom stereocenters. The molecular weight excluding hydrogens is 370 g/mol. The molecule has 3 rings (SSSR count). The number of nitrogens with zero attached hydrogens (tertiary/aromatic N) is 6. The summed E-state index contributed by atoms with van der Waals surface area (Å²) >= 11 is 0. The standard InChI is InChI=1S/C16H15N7O5/c1-21-13(17)12(14(25)22(2)16(21)27)11(24)7-28-15(26)9-3-5-10(6-4-9)23-8-18-19-20-23/h3-6,8H,7,17H2,1-2H3. The third kappa shape index (κ3) is 3.30. The fourth-order valence-corrected chi connectivity index (χ4v) is 2.44. The third-order valence-corrected chi connectivity index (χ3v) is 4.04. The Balaban J connectivity index is 1.74. The number of rotatable bonds is 5. The predicted octanol–water partition coefficient (Wildman–Crippen LogP) is -1.32. The normalized spacial score (nSPS) is 10.6. The second-order valence-electron chi connectivity index (χ2n) is 5.77. The van der Waals surface area contributed by atoms with Crippen LogP contribution in [-0.2, 0) is 18.8 Å². The van der Waals surface area contributed by atoms with E-state index in [1.54, 1.807) is 12.1 Å². The minimum atomic E-state index is -0.854. The summed E-state index contributed by atoms with van der Waals surface area (Å²) in [7, 11) is 2.55. The van der Waals surface area contributed by atoms with Gasteiger partial charge >= 0.3 is 11.7 Å². The van der Waals surface area contributed by atoms with Crippen molar-refractivity contribution in [1.29, 1.82) is 0 Å². The van der Waals surface area contributed by atoms with Gasteiger partial charge in [-0.25, -0.2) is 14.3 Å². The van der Waals surface area contributed by atoms with E-state index in [1.165, 1.54) is 37.2 Å². The molecule has 144 valence electrons. The Kier molecular flexibility index (Phi) is 4.85. The van der Waals surface area contributed by atoms with E-state index in [1.807, 2.05) is 0 Å². The topological polar surface area (TPSA) is 157 Å². The first-order chi connectivity index (χ1) is 13.3. The molecule has 0 saturated heterocycles. The third-order valence-electron chi connectivity index (χ3n) is 4.04. The lowest BCUT2D eigenvalue weighted by Crippen LogP contribution is -2.42. The van der Waals surface area contributed by atoms with Crippen LogP contribution in [-0.4, -0.2) is 47.7 Å². The van der Waals surface area contributed by atoms with Crippen LogP contribution >= 0.6 is 0 Å². The summed E-state index contributed by atoms with van der Waals surface area (Å²) in [6.07, 6.45) is 1.39. The molecule has 3 aromatic rings. The molecule has 1 aromatic carbocycles. The van der Waals surface area contributed by atoms with E-state index in [4.69, 9.17) is 10.5 Å². The van der Waals surface area contributed by atoms with Crippen LogP contribution in [0.5, 0.6) is 0 Å². The molecule has 0 spiro atoms. The number of nitrogens with two attached hydrogens (primary N) is 1. The van der Waals surface area contributed by atoms with E-state index in [2.05, 4.69) is 15.5 Å². The maximum atomic E-state index is 12.3. The SMILES string of the molecule is Cn1c(N)c(C(=O)COC(=O)c2ccc(-n3cnnn3)cc2)c(=O)n(C)c1=O. The molecule has 0 aliphatic heterocycles. The molecule has 0 unspecified atom stereocenters. The van der Waals surface area contributed by atoms with Crippen molar-refractivity contribution >= 4 is 17.6 Å². The minimum Gasteiger partial charge on any atom is -0.454 e. The lowest BCUT2D eigenvalue weighted by atomic mass is 10.2. The Morgan fingerprint density at radius 1 is 1.11 bits per heavy atom. The number of ether oxygens (including phenoxy) is 1. The molecular formula is C16H15N7O5. The van der Waals surface area contributed by atoms with Gasteiger partial charge in [-0.15, -0.1) is 5.10 Å². The highest BCUT2D eigenvalue weighted by Crippen LogP contribution is 2.10. The van der Waals surface area contributed by atoms with E-state index in [9.17, 15) is 19.2 Å². The van der Waals surface area contributed by atoms with E-state index in [0.717, 1.165) is 9.13 Å². The first kappa shape index (κ1) is 18.7. The Labute approximate surface area is 156 Å². The number of ketones is 1. The molecule has 0 aliphatic rings. The van der Waals surface area contributed by atoms with Crippen LogP contribution in [0.3, 0.4) is 0 Å². The van der Waals surface area contributed by atoms with Crippen molar-refractivity contribution in [2.75, 3.05) is 12.3 Å². The van der Waals surface area contributed by atoms with Crippen molar-refractivity contribution in [3.05, 3.63) is 62.6 Å². The van der Waals surface area contributed by atoms with Gasteiger partial charge in [-0.3, -0.25) is 18.7 Å². The zero-order chi connectivity index (χ0) is 20.4. The quantitative estimate of drug-likeness (QED) is 0.415. The number of tetrazole rings is 1. The summed E-state index contributed by atoms with van der Waals surface area (Å²) in [4.78, 5) is 48.4. The number of carbonyl (C=O) groups excluding carboxylic acids is 2. The average Bonchev–Trinajstić information content (AvgIpc) is 3.24. The van der Waals surface area contributed by atoms with Crippen LogP contribution in [0.2, 0.25) is 0 Å². The van der Waals surface area contributed by atoms with Crippen molar-refractivity contribution in [3.8, 4) is 5.69 Å². The minimum absolute atomic E-state index is 0.186. The number of hydrogen-bond donors (Lipinski definition) is 1. The summed E-state index contributed by atoms with van der Waals surface area (Å²) < 4.78 is 8.09. The Hall–Kier alpha value is -4.09. The van der Waals surface area contributed by atoms with Gasteiger partial charge in [-0.05, 0) is 34.7 Å². The van der Waals surface area contributed by atoms with E-state index in [0.29, 0.717) is 5.69 Å². The van der Waals surface area contributed by atoms with Crippen molar-refractivity contribution in [1.82, 2.24) is 29.3 Å². The number of Topliss-reactive ketones (excluding diaryl/α,β-unsaturated/α-hetero) is 1. The Morgan fingerprint density at radius 2 is 1.79 bits per heavy atom. The van der Waals surface area contributed by atoms with Gasteiger partial charge < -0.3 is 10.5 Å². The van der Waals surface area contributed by atoms with E-state index < -0.39 is 35.2 Å². The van der Waals surface area contributed by atoms with Crippen LogP contribution in [0.25, 0.3) is 5.69 Å². The van der Waals surface area contributed by atoms with Gasteiger partial charge in [0.25, 0.3) is 5.56 Å². The summed E-state index contributed by atoms with van der Waals surface area (Å²) in [5.41, 5.74) is 4.58. The fourth-order valence-electron chi connectivity index (χ4n) is 2.44. The molecule has 2 N–H and O–H groups in total. The lowest BCUT2D eigenvalue weighted by Gasteiger charge is -2.11. The number of hydrogen-bond acceptors (Lipinski definition) is 9. The molecule has 0 amide bonds. The molecule has 12 nitrogen and oxygen atoms in total. The number of carbonyl (C=O) groups is 2. The van der Waals surface area contributed by atoms with Gasteiger partial charge in [0, 0.05) is 14.1 Å². The molecule has 0 aliphatic carbocycles. The number of nitrogen functional groups attached to an aromatic ring is 1. The summed E-state index contributed by atoms with van der Waals surface area (Å²) in [6.45, 7) is -0.703. The van der Waals surface area contributed by atoms with Gasteiger partial charge in [-0.1, -0.05) is 0 Å². The van der Waals surface area contributed by atoms with Crippen molar-refractivity contribution in [3.63, 3.8) is 0 Å². The van der Waals surface area contributed by atoms with Crippen LogP contribution in [0.15, 0.2) is 40.2 Å². The molecule has 0 bridgehead atoms. The molecule has 2 heterocycles. The Bertz CT molecular complexity index is 1160. The summed E-state index contributed by atoms with van der Waals surface area (Å²) in [6, 6.07) is 6.14. The van der Waals surface area contributed by atoms with E-state index in [-0.39, 0.29) is 11.4 Å². The summed E-state index contributed by atoms with van der Waals surface area (Å²) in [5, 5.41) is 10.7. The highest BCUT2D eigenvalue weighted by atomic mass is 16.5. The summed E-state index contributed by atoms with van der Waals surface area (Å²) in [5.74, 6) is -1.87. The van der Waals surface area contributed by atoms with E-state index >= 15 is 0 Å². The molecule has 2 aromatic heterocycles. The van der Waals surface area contributed by atoms with Gasteiger partial charge in [-0.2, -0.15) is 0 Å². The van der Waals surface area contributed by atoms with Crippen LogP contribution < -0.4 is 17.0 Å². The second-order valence-corrected chi connectivity index (χ2v) is 5.77. The van der Waals surface area contributed by atoms with Crippen LogP contribution in [0, 0.1) is 0 Å². The average molecular weight is 385 g/mol. The maximum absolute atomic E-state index is 12.3. The van der Waals surface area contributed by atoms with Gasteiger partial charge in [0.05, 0.1) is 11.3 Å². The van der Waals surface area contributed by atoms with Gasteiger partial charge in [0.15, 0.2) is 6.61 Å². The molecule has 0 radical (unpaired) electrons. The van der Waals surface area contributed by atoms with Gasteiger partial charge in [0.1, 0.15) is 17.7 Å². The monoisotopic (exact) mass is 385 g/mol. The molecule has 28 heavy (non-hydrogen) atoms. The number of benzene rings is 1. The smallest absolute Gasteiger partial charge is 0.338 e. The van der Waals surface area contributed by atoms with Crippen molar-refractivity contribution < 1.29 is 14.3 Å². The first-order valence-electron chi connectivity index (χ1n) is 7.90. The fraction of sp³-hybridized carbons (Fsp3) is 0.188.